The highest BCUT2D eigenvalue weighted by molar-refractivity contribution is 5.85. The van der Waals surface area contributed by atoms with Crippen LogP contribution in [0, 0.1) is 40.4 Å². The van der Waals surface area contributed by atoms with Crippen molar-refractivity contribution in [2.45, 2.75) is 77.7 Å². The molecule has 5 nitrogen and oxygen atoms in total. The van der Waals surface area contributed by atoms with Gasteiger partial charge in [-0.15, -0.1) is 0 Å². The number of fused-ring (bicyclic) bond motifs is 5. The Labute approximate surface area is 174 Å². The molecule has 0 aromatic rings. The van der Waals surface area contributed by atoms with Gasteiger partial charge in [-0.25, -0.2) is 0 Å². The zero-order valence-electron chi connectivity index (χ0n) is 18.3. The van der Waals surface area contributed by atoms with E-state index in [1.807, 2.05) is 7.11 Å². The second-order valence-electron chi connectivity index (χ2n) is 10.7. The lowest BCUT2D eigenvalue weighted by molar-refractivity contribution is -0.162. The number of aliphatic hydroxyl groups is 1. The van der Waals surface area contributed by atoms with Crippen LogP contribution in [-0.4, -0.2) is 43.3 Å². The van der Waals surface area contributed by atoms with Crippen LogP contribution in [0.5, 0.6) is 0 Å². The minimum atomic E-state index is -0.374. The summed E-state index contributed by atoms with van der Waals surface area (Å²) in [6, 6.07) is 0. The molecule has 4 rings (SSSR count). The van der Waals surface area contributed by atoms with Gasteiger partial charge in [0.15, 0.2) is 5.78 Å². The summed E-state index contributed by atoms with van der Waals surface area (Å²) in [5.74, 6) is 2.22. The lowest BCUT2D eigenvalue weighted by Crippen LogP contribution is -2.57. The average molecular weight is 407 g/mol. The summed E-state index contributed by atoms with van der Waals surface area (Å²) in [5.41, 5.74) is 0.242. The van der Waals surface area contributed by atoms with Crippen LogP contribution >= 0.6 is 0 Å². The molecule has 0 aromatic heterocycles. The van der Waals surface area contributed by atoms with Crippen molar-refractivity contribution >= 4 is 11.8 Å². The van der Waals surface area contributed by atoms with Gasteiger partial charge in [0.05, 0.1) is 12.7 Å². The highest BCUT2D eigenvalue weighted by atomic mass is 16.5. The molecule has 0 saturated heterocycles. The Morgan fingerprint density at radius 3 is 2.55 bits per heavy atom. The topological polar surface area (TPSA) is 72.8 Å². The van der Waals surface area contributed by atoms with E-state index in [-0.39, 0.29) is 41.2 Å². The van der Waals surface area contributed by atoms with Gasteiger partial charge in [-0.2, -0.15) is 0 Å². The van der Waals surface area contributed by atoms with Gasteiger partial charge in [0.25, 0.3) is 0 Å². The number of ketones is 1. The number of methoxy groups -OCH3 is 1. The van der Waals surface area contributed by atoms with E-state index < -0.39 is 0 Å². The summed E-state index contributed by atoms with van der Waals surface area (Å²) >= 11 is 0. The highest BCUT2D eigenvalue weighted by Crippen LogP contribution is 2.67. The molecule has 4 aliphatic rings. The first-order valence-corrected chi connectivity index (χ1v) is 11.6. The first kappa shape index (κ1) is 21.3. The molecule has 4 saturated carbocycles. The van der Waals surface area contributed by atoms with E-state index in [0.29, 0.717) is 23.7 Å². The lowest BCUT2D eigenvalue weighted by Gasteiger charge is -2.61. The quantitative estimate of drug-likeness (QED) is 0.704. The summed E-state index contributed by atoms with van der Waals surface area (Å²) < 4.78 is 10.8. The summed E-state index contributed by atoms with van der Waals surface area (Å²) in [4.78, 5) is 24.0. The number of esters is 1. The Morgan fingerprint density at radius 1 is 1.03 bits per heavy atom. The second kappa shape index (κ2) is 7.96. The number of aliphatic hydroxyl groups excluding tert-OH is 1. The van der Waals surface area contributed by atoms with E-state index in [1.54, 1.807) is 0 Å². The van der Waals surface area contributed by atoms with Crippen LogP contribution in [0.2, 0.25) is 0 Å². The molecule has 164 valence electrons. The number of carbonyl (C=O) groups is 2. The van der Waals surface area contributed by atoms with E-state index >= 15 is 0 Å². The number of hydrogen-bond acceptors (Lipinski definition) is 5. The molecule has 0 radical (unpaired) electrons. The predicted octanol–water partition coefficient (Wildman–Crippen LogP) is 3.76. The maximum Gasteiger partial charge on any atom is 0.303 e. The molecular weight excluding hydrogens is 368 g/mol. The Bertz CT molecular complexity index is 647. The van der Waals surface area contributed by atoms with Crippen molar-refractivity contribution in [3.63, 3.8) is 0 Å². The molecule has 0 spiro atoms. The van der Waals surface area contributed by atoms with Crippen LogP contribution in [-0.2, 0) is 19.1 Å². The summed E-state index contributed by atoms with van der Waals surface area (Å²) in [7, 11) is 1.83. The largest absolute Gasteiger partial charge is 0.458 e. The standard InChI is InChI=1S/C24H38O5/c1-15(25)29-13-22(27)21-7-6-19-18-5-4-16-12-17(26)8-11-24(16,14-28-3)20(18)9-10-23(19,21)2/h16-21,26H,4-14H2,1-3H3/t16-,17+,18-,19-,20-,21+,23-,24+/m0/s1. The first-order valence-electron chi connectivity index (χ1n) is 11.6. The van der Waals surface area contributed by atoms with Crippen molar-refractivity contribution in [1.82, 2.24) is 0 Å². The molecular formula is C24H38O5. The number of carbonyl (C=O) groups excluding carboxylic acids is 2. The van der Waals surface area contributed by atoms with E-state index in [0.717, 1.165) is 51.6 Å². The number of ether oxygens (including phenoxy) is 2. The van der Waals surface area contributed by atoms with Crippen molar-refractivity contribution in [3.05, 3.63) is 0 Å². The van der Waals surface area contributed by atoms with Crippen LogP contribution in [0.3, 0.4) is 0 Å². The molecule has 0 unspecified atom stereocenters. The van der Waals surface area contributed by atoms with Crippen LogP contribution in [0.15, 0.2) is 0 Å². The number of Topliss-reactive ketones (excluding diaryl/α,β-unsaturated/α-hetero) is 1. The van der Waals surface area contributed by atoms with Crippen molar-refractivity contribution in [2.24, 2.45) is 40.4 Å². The Morgan fingerprint density at radius 2 is 1.83 bits per heavy atom. The first-order chi connectivity index (χ1) is 13.8. The fourth-order valence-corrected chi connectivity index (χ4v) is 8.38. The van der Waals surface area contributed by atoms with Gasteiger partial charge < -0.3 is 14.6 Å². The van der Waals surface area contributed by atoms with Crippen LogP contribution < -0.4 is 0 Å². The molecule has 5 heteroatoms. The molecule has 0 aliphatic heterocycles. The lowest BCUT2D eigenvalue weighted by atomic mass is 9.44. The van der Waals surface area contributed by atoms with Gasteiger partial charge in [0, 0.05) is 20.0 Å². The Balaban J connectivity index is 1.55. The SMILES string of the molecule is COC[C@]12CC[C@@H](O)C[C@@H]1CC[C@H]1[C@@H]3CC[C@H](C(=O)COC(C)=O)[C@@]3(C)CC[C@@H]12. The zero-order valence-corrected chi connectivity index (χ0v) is 18.3. The molecule has 0 amide bonds. The van der Waals surface area contributed by atoms with Gasteiger partial charge in [-0.05, 0) is 92.3 Å². The van der Waals surface area contributed by atoms with Crippen LogP contribution in [0.25, 0.3) is 0 Å². The minimum Gasteiger partial charge on any atom is -0.458 e. The Hall–Kier alpha value is -0.940. The van der Waals surface area contributed by atoms with Crippen molar-refractivity contribution < 1.29 is 24.2 Å². The van der Waals surface area contributed by atoms with Crippen molar-refractivity contribution in [3.8, 4) is 0 Å². The predicted molar refractivity (Wildman–Crippen MR) is 109 cm³/mol. The summed E-state index contributed by atoms with van der Waals surface area (Å²) in [5, 5.41) is 10.3. The van der Waals surface area contributed by atoms with E-state index in [9.17, 15) is 14.7 Å². The monoisotopic (exact) mass is 406 g/mol. The highest BCUT2D eigenvalue weighted by Gasteiger charge is 2.62. The van der Waals surface area contributed by atoms with Gasteiger partial charge in [-0.3, -0.25) is 9.59 Å². The third-order valence-electron chi connectivity index (χ3n) is 9.56. The molecule has 4 fully saturated rings. The summed E-state index contributed by atoms with van der Waals surface area (Å²) in [6.07, 6.45) is 9.44. The number of rotatable bonds is 5. The zero-order chi connectivity index (χ0) is 20.8. The van der Waals surface area contributed by atoms with Gasteiger partial charge in [0.1, 0.15) is 6.61 Å². The van der Waals surface area contributed by atoms with E-state index in [2.05, 4.69) is 6.92 Å². The van der Waals surface area contributed by atoms with Gasteiger partial charge in [0.2, 0.25) is 0 Å². The molecule has 0 heterocycles. The molecule has 4 aliphatic carbocycles. The third-order valence-corrected chi connectivity index (χ3v) is 9.56. The second-order valence-corrected chi connectivity index (χ2v) is 10.7. The van der Waals surface area contributed by atoms with E-state index in [4.69, 9.17) is 9.47 Å². The molecule has 0 aromatic carbocycles. The molecule has 1 N–H and O–H groups in total. The van der Waals surface area contributed by atoms with E-state index in [1.165, 1.54) is 19.8 Å². The fraction of sp³-hybridized carbons (Fsp3) is 0.917. The maximum absolute atomic E-state index is 12.9. The smallest absolute Gasteiger partial charge is 0.303 e. The van der Waals surface area contributed by atoms with Crippen LogP contribution in [0.1, 0.15) is 71.6 Å². The maximum atomic E-state index is 12.9. The molecule has 8 atom stereocenters. The fourth-order valence-electron chi connectivity index (χ4n) is 8.38. The summed E-state index contributed by atoms with van der Waals surface area (Å²) in [6.45, 7) is 4.44. The molecule has 29 heavy (non-hydrogen) atoms. The van der Waals surface area contributed by atoms with Crippen molar-refractivity contribution in [2.75, 3.05) is 20.3 Å². The molecule has 0 bridgehead atoms. The third kappa shape index (κ3) is 3.46. The van der Waals surface area contributed by atoms with Gasteiger partial charge in [-0.1, -0.05) is 6.92 Å². The number of hydrogen-bond donors (Lipinski definition) is 1. The van der Waals surface area contributed by atoms with Crippen molar-refractivity contribution in [1.29, 1.82) is 0 Å². The van der Waals surface area contributed by atoms with Gasteiger partial charge >= 0.3 is 5.97 Å². The normalized spacial score (nSPS) is 46.3. The van der Waals surface area contributed by atoms with Crippen LogP contribution in [0.4, 0.5) is 0 Å². The average Bonchev–Trinajstić information content (AvgIpc) is 3.04. The minimum absolute atomic E-state index is 0.0251. The Kier molecular flexibility index (Phi) is 5.84.